The second-order valence-corrected chi connectivity index (χ2v) is 7.64. The summed E-state index contributed by atoms with van der Waals surface area (Å²) in [6, 6.07) is 11.2. The molecule has 7 heteroatoms. The summed E-state index contributed by atoms with van der Waals surface area (Å²) in [6.45, 7) is 3.87. The van der Waals surface area contributed by atoms with Crippen LogP contribution in [0.25, 0.3) is 0 Å². The van der Waals surface area contributed by atoms with Gasteiger partial charge in [-0.15, -0.1) is 11.3 Å². The van der Waals surface area contributed by atoms with E-state index >= 15 is 0 Å². The number of hydrogen-bond acceptors (Lipinski definition) is 6. The van der Waals surface area contributed by atoms with Crippen LogP contribution in [0.2, 0.25) is 0 Å². The molecule has 0 spiro atoms. The Labute approximate surface area is 168 Å². The minimum atomic E-state index is -0.901. The third-order valence-electron chi connectivity index (χ3n) is 4.12. The van der Waals surface area contributed by atoms with Crippen LogP contribution in [0.15, 0.2) is 36.4 Å². The largest absolute Gasteiger partial charge is 0.497 e. The van der Waals surface area contributed by atoms with Crippen molar-refractivity contribution in [1.82, 2.24) is 5.32 Å². The van der Waals surface area contributed by atoms with E-state index in [0.717, 1.165) is 16.2 Å². The third-order valence-corrected chi connectivity index (χ3v) is 5.16. The second-order valence-electron chi connectivity index (χ2n) is 6.35. The van der Waals surface area contributed by atoms with E-state index in [-0.39, 0.29) is 24.5 Å². The van der Waals surface area contributed by atoms with Gasteiger partial charge in [0.15, 0.2) is 11.9 Å². The first-order chi connectivity index (χ1) is 13.4. The van der Waals surface area contributed by atoms with Crippen molar-refractivity contribution < 1.29 is 23.9 Å². The molecule has 0 saturated carbocycles. The van der Waals surface area contributed by atoms with E-state index in [4.69, 9.17) is 9.47 Å². The lowest BCUT2D eigenvalue weighted by atomic mass is 10.1. The SMILES string of the molecule is COc1ccc(CCNC(=O)[C@H](C)OC(=O)CCC(=O)c2ccc(C)s2)cc1. The van der Waals surface area contributed by atoms with E-state index in [1.807, 2.05) is 37.3 Å². The number of benzene rings is 1. The molecule has 0 bridgehead atoms. The van der Waals surface area contributed by atoms with Crippen LogP contribution in [0.1, 0.15) is 39.9 Å². The highest BCUT2D eigenvalue weighted by atomic mass is 32.1. The molecule has 150 valence electrons. The summed E-state index contributed by atoms with van der Waals surface area (Å²) in [5.74, 6) is -0.228. The maximum atomic E-state index is 12.1. The van der Waals surface area contributed by atoms with Gasteiger partial charge in [0.2, 0.25) is 0 Å². The van der Waals surface area contributed by atoms with E-state index in [0.29, 0.717) is 17.8 Å². The van der Waals surface area contributed by atoms with Gasteiger partial charge in [0.05, 0.1) is 18.4 Å². The number of ketones is 1. The quantitative estimate of drug-likeness (QED) is 0.486. The Balaban J connectivity index is 1.67. The normalized spacial score (nSPS) is 11.5. The van der Waals surface area contributed by atoms with Crippen LogP contribution in [0.3, 0.4) is 0 Å². The molecule has 1 aromatic heterocycles. The van der Waals surface area contributed by atoms with Crippen molar-refractivity contribution in [3.05, 3.63) is 51.7 Å². The molecule has 1 amide bonds. The van der Waals surface area contributed by atoms with Crippen molar-refractivity contribution in [2.75, 3.05) is 13.7 Å². The van der Waals surface area contributed by atoms with Crippen LogP contribution in [0, 0.1) is 6.92 Å². The van der Waals surface area contributed by atoms with E-state index in [1.165, 1.54) is 18.3 Å². The molecule has 28 heavy (non-hydrogen) atoms. The van der Waals surface area contributed by atoms with Crippen LogP contribution >= 0.6 is 11.3 Å². The smallest absolute Gasteiger partial charge is 0.307 e. The number of rotatable bonds is 10. The van der Waals surface area contributed by atoms with Crippen LogP contribution in [-0.2, 0) is 20.7 Å². The van der Waals surface area contributed by atoms with E-state index in [2.05, 4.69) is 5.32 Å². The molecule has 0 aliphatic rings. The monoisotopic (exact) mass is 403 g/mol. The zero-order valence-corrected chi connectivity index (χ0v) is 17.1. The van der Waals surface area contributed by atoms with Gasteiger partial charge in [-0.25, -0.2) is 0 Å². The molecule has 2 aromatic rings. The topological polar surface area (TPSA) is 81.7 Å². The molecule has 0 aliphatic carbocycles. The minimum absolute atomic E-state index is 0.0424. The number of ether oxygens (including phenoxy) is 2. The highest BCUT2D eigenvalue weighted by Crippen LogP contribution is 2.17. The van der Waals surface area contributed by atoms with Gasteiger partial charge in [0.1, 0.15) is 5.75 Å². The van der Waals surface area contributed by atoms with Crippen LogP contribution in [0.5, 0.6) is 5.75 Å². The second kappa shape index (κ2) is 10.6. The number of carbonyl (C=O) groups excluding carboxylic acids is 3. The third kappa shape index (κ3) is 6.81. The Morgan fingerprint density at radius 1 is 1.07 bits per heavy atom. The van der Waals surface area contributed by atoms with Gasteiger partial charge in [-0.3, -0.25) is 14.4 Å². The molecule has 0 saturated heterocycles. The molecule has 0 radical (unpaired) electrons. The Hall–Kier alpha value is -2.67. The molecule has 2 rings (SSSR count). The first kappa shape index (κ1) is 21.6. The molecular formula is C21H25NO5S. The number of esters is 1. The van der Waals surface area contributed by atoms with Gasteiger partial charge in [0, 0.05) is 17.8 Å². The Kier molecular flexibility index (Phi) is 8.19. The van der Waals surface area contributed by atoms with Gasteiger partial charge >= 0.3 is 5.97 Å². The fraction of sp³-hybridized carbons (Fsp3) is 0.381. The fourth-order valence-corrected chi connectivity index (χ4v) is 3.33. The fourth-order valence-electron chi connectivity index (χ4n) is 2.50. The summed E-state index contributed by atoms with van der Waals surface area (Å²) in [6.07, 6.45) is -0.211. The lowest BCUT2D eigenvalue weighted by Crippen LogP contribution is -2.36. The van der Waals surface area contributed by atoms with Crippen molar-refractivity contribution in [1.29, 1.82) is 0 Å². The van der Waals surface area contributed by atoms with Gasteiger partial charge in [-0.1, -0.05) is 12.1 Å². The first-order valence-electron chi connectivity index (χ1n) is 9.09. The number of hydrogen-bond donors (Lipinski definition) is 1. The summed E-state index contributed by atoms with van der Waals surface area (Å²) in [4.78, 5) is 37.6. The highest BCUT2D eigenvalue weighted by Gasteiger charge is 2.18. The summed E-state index contributed by atoms with van der Waals surface area (Å²) in [5.41, 5.74) is 1.06. The van der Waals surface area contributed by atoms with Crippen molar-refractivity contribution >= 4 is 29.0 Å². The number of aryl methyl sites for hydroxylation is 1. The van der Waals surface area contributed by atoms with E-state index in [9.17, 15) is 14.4 Å². The maximum Gasteiger partial charge on any atom is 0.307 e. The van der Waals surface area contributed by atoms with Crippen LogP contribution in [-0.4, -0.2) is 37.4 Å². The summed E-state index contributed by atoms with van der Waals surface area (Å²) in [7, 11) is 1.61. The maximum absolute atomic E-state index is 12.1. The number of nitrogens with one attached hydrogen (secondary N) is 1. The van der Waals surface area contributed by atoms with Gasteiger partial charge in [0.25, 0.3) is 5.91 Å². The zero-order valence-electron chi connectivity index (χ0n) is 16.3. The molecule has 0 unspecified atom stereocenters. The number of thiophene rings is 1. The Morgan fingerprint density at radius 2 is 1.79 bits per heavy atom. The molecule has 6 nitrogen and oxygen atoms in total. The highest BCUT2D eigenvalue weighted by molar-refractivity contribution is 7.14. The number of carbonyl (C=O) groups is 3. The molecule has 0 aliphatic heterocycles. The lowest BCUT2D eigenvalue weighted by molar-refractivity contribution is -0.154. The van der Waals surface area contributed by atoms with E-state index < -0.39 is 12.1 Å². The molecule has 0 fully saturated rings. The van der Waals surface area contributed by atoms with Crippen LogP contribution < -0.4 is 10.1 Å². The summed E-state index contributed by atoms with van der Waals surface area (Å²) in [5, 5.41) is 2.75. The number of Topliss-reactive ketones (excluding diaryl/α,β-unsaturated/α-hetero) is 1. The molecule has 1 heterocycles. The van der Waals surface area contributed by atoms with Crippen molar-refractivity contribution in [2.45, 2.75) is 39.2 Å². The predicted octanol–water partition coefficient (Wildman–Crippen LogP) is 3.32. The van der Waals surface area contributed by atoms with Gasteiger partial charge < -0.3 is 14.8 Å². The number of amides is 1. The molecule has 1 N–H and O–H groups in total. The lowest BCUT2D eigenvalue weighted by Gasteiger charge is -2.13. The summed E-state index contributed by atoms with van der Waals surface area (Å²) < 4.78 is 10.2. The minimum Gasteiger partial charge on any atom is -0.497 e. The standard InChI is InChI=1S/C21H25NO5S/c1-14-4-10-19(28-14)18(23)9-11-20(24)27-15(2)21(25)22-13-12-16-5-7-17(26-3)8-6-16/h4-8,10,15H,9,11-13H2,1-3H3,(H,22,25)/t15-/m0/s1. The van der Waals surface area contributed by atoms with E-state index in [1.54, 1.807) is 13.2 Å². The van der Waals surface area contributed by atoms with Gasteiger partial charge in [-0.2, -0.15) is 0 Å². The average molecular weight is 404 g/mol. The summed E-state index contributed by atoms with van der Waals surface area (Å²) >= 11 is 1.40. The molecular weight excluding hydrogens is 378 g/mol. The van der Waals surface area contributed by atoms with Gasteiger partial charge in [-0.05, 0) is 50.1 Å². The predicted molar refractivity (Wildman–Crippen MR) is 108 cm³/mol. The molecule has 1 aromatic carbocycles. The number of methoxy groups -OCH3 is 1. The zero-order chi connectivity index (χ0) is 20.5. The van der Waals surface area contributed by atoms with Crippen molar-refractivity contribution in [2.24, 2.45) is 0 Å². The first-order valence-corrected chi connectivity index (χ1v) is 9.90. The van der Waals surface area contributed by atoms with Crippen molar-refractivity contribution in [3.8, 4) is 5.75 Å². The Bertz CT molecular complexity index is 812. The van der Waals surface area contributed by atoms with Crippen molar-refractivity contribution in [3.63, 3.8) is 0 Å². The molecule has 1 atom stereocenters. The Morgan fingerprint density at radius 3 is 2.39 bits per heavy atom. The van der Waals surface area contributed by atoms with Crippen LogP contribution in [0.4, 0.5) is 0 Å². The average Bonchev–Trinajstić information content (AvgIpc) is 3.13.